The molecule has 62 valence electrons. The van der Waals surface area contributed by atoms with Gasteiger partial charge in [-0.3, -0.25) is 4.79 Å². The number of hydrogen-bond acceptors (Lipinski definition) is 3. The van der Waals surface area contributed by atoms with Crippen LogP contribution >= 0.6 is 0 Å². The van der Waals surface area contributed by atoms with E-state index in [1.807, 2.05) is 0 Å². The summed E-state index contributed by atoms with van der Waals surface area (Å²) in [5.74, 6) is -2.25. The fourth-order valence-corrected chi connectivity index (χ4v) is 1.11. The molecule has 11 heavy (non-hydrogen) atoms. The van der Waals surface area contributed by atoms with Gasteiger partial charge in [0.25, 0.3) is 0 Å². The lowest BCUT2D eigenvalue weighted by Crippen LogP contribution is -2.36. The largest absolute Gasteiger partial charge is 0.474 e. The zero-order valence-corrected chi connectivity index (χ0v) is 5.99. The summed E-state index contributed by atoms with van der Waals surface area (Å²) in [7, 11) is 0. The predicted octanol–water partition coefficient (Wildman–Crippen LogP) is -1.37. The van der Waals surface area contributed by atoms with E-state index in [4.69, 9.17) is 10.8 Å². The van der Waals surface area contributed by atoms with Crippen molar-refractivity contribution >= 4 is 11.9 Å². The molecule has 0 aromatic rings. The van der Waals surface area contributed by atoms with E-state index in [2.05, 4.69) is 0 Å². The number of nitrogens with zero attached hydrogens (tertiary/aromatic N) is 1. The fourth-order valence-electron chi connectivity index (χ4n) is 1.11. The van der Waals surface area contributed by atoms with Gasteiger partial charge < -0.3 is 15.7 Å². The summed E-state index contributed by atoms with van der Waals surface area (Å²) in [6.07, 6.45) is 0.693. The van der Waals surface area contributed by atoms with Crippen LogP contribution in [-0.2, 0) is 9.59 Å². The van der Waals surface area contributed by atoms with Gasteiger partial charge in [-0.05, 0) is 6.42 Å². The Labute approximate surface area is 63.8 Å². The van der Waals surface area contributed by atoms with Gasteiger partial charge in [-0.1, -0.05) is 0 Å². The van der Waals surface area contributed by atoms with Crippen molar-refractivity contribution < 1.29 is 14.7 Å². The molecule has 0 aromatic carbocycles. The zero-order chi connectivity index (χ0) is 8.43. The van der Waals surface area contributed by atoms with E-state index in [0.717, 1.165) is 0 Å². The molecule has 5 nitrogen and oxygen atoms in total. The monoisotopic (exact) mass is 158 g/mol. The first-order chi connectivity index (χ1) is 5.11. The number of nitrogens with two attached hydrogens (primary N) is 1. The van der Waals surface area contributed by atoms with Crippen molar-refractivity contribution in [3.63, 3.8) is 0 Å². The SMILES string of the molecule is N[C@H]1CCN(C(=O)C(=O)O)C1. The third-order valence-electron chi connectivity index (χ3n) is 1.69. The number of rotatable bonds is 0. The quantitative estimate of drug-likeness (QED) is 0.426. The number of aliphatic carboxylic acids is 1. The summed E-state index contributed by atoms with van der Waals surface area (Å²) in [6, 6.07) is -0.0571. The van der Waals surface area contributed by atoms with Crippen molar-refractivity contribution in [1.29, 1.82) is 0 Å². The van der Waals surface area contributed by atoms with E-state index in [9.17, 15) is 9.59 Å². The first kappa shape index (κ1) is 8.00. The third kappa shape index (κ3) is 1.68. The molecular formula is C6H10N2O3. The number of carboxylic acid groups (broad SMARTS) is 1. The van der Waals surface area contributed by atoms with Gasteiger partial charge in [0.2, 0.25) is 0 Å². The van der Waals surface area contributed by atoms with Gasteiger partial charge in [-0.25, -0.2) is 4.79 Å². The lowest BCUT2D eigenvalue weighted by molar-refractivity contribution is -0.155. The van der Waals surface area contributed by atoms with Crippen LogP contribution in [0.5, 0.6) is 0 Å². The van der Waals surface area contributed by atoms with E-state index in [1.165, 1.54) is 4.90 Å². The second-order valence-corrected chi connectivity index (χ2v) is 2.61. The van der Waals surface area contributed by atoms with Crippen LogP contribution in [0.2, 0.25) is 0 Å². The summed E-state index contributed by atoms with van der Waals surface area (Å²) >= 11 is 0. The Morgan fingerprint density at radius 2 is 2.18 bits per heavy atom. The molecule has 0 unspecified atom stereocenters. The summed E-state index contributed by atoms with van der Waals surface area (Å²) in [5.41, 5.74) is 5.48. The van der Waals surface area contributed by atoms with E-state index in [0.29, 0.717) is 19.5 Å². The van der Waals surface area contributed by atoms with Crippen molar-refractivity contribution in [2.75, 3.05) is 13.1 Å². The predicted molar refractivity (Wildman–Crippen MR) is 36.8 cm³/mol. The molecule has 1 fully saturated rings. The number of amides is 1. The van der Waals surface area contributed by atoms with Crippen LogP contribution in [0.1, 0.15) is 6.42 Å². The van der Waals surface area contributed by atoms with Crippen LogP contribution in [0, 0.1) is 0 Å². The van der Waals surface area contributed by atoms with E-state index < -0.39 is 11.9 Å². The number of carbonyl (C=O) groups is 2. The second-order valence-electron chi connectivity index (χ2n) is 2.61. The summed E-state index contributed by atoms with van der Waals surface area (Å²) in [4.78, 5) is 22.2. The normalized spacial score (nSPS) is 23.7. The van der Waals surface area contributed by atoms with E-state index >= 15 is 0 Å². The maximum absolute atomic E-state index is 10.8. The van der Waals surface area contributed by atoms with Crippen molar-refractivity contribution in [3.8, 4) is 0 Å². The molecular weight excluding hydrogens is 148 g/mol. The molecule has 0 spiro atoms. The molecule has 0 radical (unpaired) electrons. The minimum absolute atomic E-state index is 0.0571. The molecule has 5 heteroatoms. The first-order valence-electron chi connectivity index (χ1n) is 3.39. The molecule has 3 N–H and O–H groups in total. The Hall–Kier alpha value is -1.10. The molecule has 1 aliphatic rings. The average molecular weight is 158 g/mol. The van der Waals surface area contributed by atoms with E-state index in [1.54, 1.807) is 0 Å². The molecule has 1 saturated heterocycles. The molecule has 0 aliphatic carbocycles. The van der Waals surface area contributed by atoms with Crippen LogP contribution in [0.4, 0.5) is 0 Å². The molecule has 1 rings (SSSR count). The Kier molecular flexibility index (Phi) is 2.09. The van der Waals surface area contributed by atoms with Gasteiger partial charge >= 0.3 is 11.9 Å². The molecule has 1 aliphatic heterocycles. The zero-order valence-electron chi connectivity index (χ0n) is 5.99. The maximum Gasteiger partial charge on any atom is 0.394 e. The number of hydrogen-bond donors (Lipinski definition) is 2. The topological polar surface area (TPSA) is 83.6 Å². The number of carboxylic acids is 1. The Bertz CT molecular complexity index is 192. The van der Waals surface area contributed by atoms with Crippen LogP contribution in [0.3, 0.4) is 0 Å². The van der Waals surface area contributed by atoms with Crippen molar-refractivity contribution in [2.24, 2.45) is 5.73 Å². The van der Waals surface area contributed by atoms with Crippen molar-refractivity contribution in [2.45, 2.75) is 12.5 Å². The van der Waals surface area contributed by atoms with Gasteiger partial charge in [0.05, 0.1) is 0 Å². The highest BCUT2D eigenvalue weighted by Crippen LogP contribution is 2.06. The average Bonchev–Trinajstić information content (AvgIpc) is 2.34. The molecule has 0 aromatic heterocycles. The van der Waals surface area contributed by atoms with Crippen molar-refractivity contribution in [3.05, 3.63) is 0 Å². The summed E-state index contributed by atoms with van der Waals surface area (Å²) < 4.78 is 0. The van der Waals surface area contributed by atoms with Crippen LogP contribution in [0.15, 0.2) is 0 Å². The lowest BCUT2D eigenvalue weighted by Gasteiger charge is -2.11. The Morgan fingerprint density at radius 1 is 1.55 bits per heavy atom. The molecule has 1 amide bonds. The fraction of sp³-hybridized carbons (Fsp3) is 0.667. The highest BCUT2D eigenvalue weighted by molar-refractivity contribution is 6.31. The standard InChI is InChI=1S/C6H10N2O3/c7-4-1-2-8(3-4)5(9)6(10)11/h4H,1-3,7H2,(H,10,11)/t4-/m0/s1. The Morgan fingerprint density at radius 3 is 2.55 bits per heavy atom. The van der Waals surface area contributed by atoms with Crippen molar-refractivity contribution in [1.82, 2.24) is 4.90 Å². The highest BCUT2D eigenvalue weighted by atomic mass is 16.4. The molecule has 0 bridgehead atoms. The number of likely N-dealkylation sites (tertiary alicyclic amines) is 1. The van der Waals surface area contributed by atoms with E-state index in [-0.39, 0.29) is 6.04 Å². The lowest BCUT2D eigenvalue weighted by atomic mass is 10.3. The minimum Gasteiger partial charge on any atom is -0.474 e. The van der Waals surface area contributed by atoms with Gasteiger partial charge in [0, 0.05) is 19.1 Å². The molecule has 0 saturated carbocycles. The second kappa shape index (κ2) is 2.87. The third-order valence-corrected chi connectivity index (χ3v) is 1.69. The minimum atomic E-state index is -1.40. The van der Waals surface area contributed by atoms with Crippen LogP contribution in [0.25, 0.3) is 0 Å². The first-order valence-corrected chi connectivity index (χ1v) is 3.39. The smallest absolute Gasteiger partial charge is 0.394 e. The molecule has 1 heterocycles. The number of carbonyl (C=O) groups excluding carboxylic acids is 1. The van der Waals surface area contributed by atoms with Gasteiger partial charge in [0.15, 0.2) is 0 Å². The summed E-state index contributed by atoms with van der Waals surface area (Å²) in [6.45, 7) is 0.831. The Balaban J connectivity index is 2.50. The molecule has 1 atom stereocenters. The van der Waals surface area contributed by atoms with Crippen LogP contribution < -0.4 is 5.73 Å². The van der Waals surface area contributed by atoms with Gasteiger partial charge in [0.1, 0.15) is 0 Å². The highest BCUT2D eigenvalue weighted by Gasteiger charge is 2.27. The summed E-state index contributed by atoms with van der Waals surface area (Å²) in [5, 5.41) is 8.30. The maximum atomic E-state index is 10.8. The van der Waals surface area contributed by atoms with Crippen LogP contribution in [-0.4, -0.2) is 41.0 Å². The van der Waals surface area contributed by atoms with Gasteiger partial charge in [-0.15, -0.1) is 0 Å². The van der Waals surface area contributed by atoms with Gasteiger partial charge in [-0.2, -0.15) is 0 Å².